The molecule has 0 bridgehead atoms. The SMILES string of the molecule is O=C(Cn1ccc2cc(Br)ccc21)N1CCO[C@@H](c2ccccc2)C1. The predicted molar refractivity (Wildman–Crippen MR) is 101 cm³/mol. The Morgan fingerprint density at radius 3 is 2.84 bits per heavy atom. The molecule has 3 aromatic rings. The summed E-state index contributed by atoms with van der Waals surface area (Å²) in [7, 11) is 0. The van der Waals surface area contributed by atoms with Crippen LogP contribution in [0.3, 0.4) is 0 Å². The molecular weight excluding hydrogens is 380 g/mol. The van der Waals surface area contributed by atoms with Gasteiger partial charge in [0.05, 0.1) is 13.2 Å². The maximum Gasteiger partial charge on any atom is 0.242 e. The fraction of sp³-hybridized carbons (Fsp3) is 0.250. The van der Waals surface area contributed by atoms with E-state index in [0.717, 1.165) is 20.9 Å². The van der Waals surface area contributed by atoms with Gasteiger partial charge in [-0.15, -0.1) is 0 Å². The van der Waals surface area contributed by atoms with E-state index in [1.807, 2.05) is 52.1 Å². The first-order valence-corrected chi connectivity index (χ1v) is 9.19. The highest BCUT2D eigenvalue weighted by molar-refractivity contribution is 9.10. The fourth-order valence-electron chi connectivity index (χ4n) is 3.30. The van der Waals surface area contributed by atoms with Crippen LogP contribution in [-0.2, 0) is 16.1 Å². The number of ether oxygens (including phenoxy) is 1. The van der Waals surface area contributed by atoms with Crippen LogP contribution in [-0.4, -0.2) is 35.1 Å². The quantitative estimate of drug-likeness (QED) is 0.667. The lowest BCUT2D eigenvalue weighted by Crippen LogP contribution is -2.43. The summed E-state index contributed by atoms with van der Waals surface area (Å²) < 4.78 is 8.91. The van der Waals surface area contributed by atoms with Crippen molar-refractivity contribution in [2.45, 2.75) is 12.6 Å². The van der Waals surface area contributed by atoms with Crippen LogP contribution >= 0.6 is 15.9 Å². The van der Waals surface area contributed by atoms with Gasteiger partial charge >= 0.3 is 0 Å². The van der Waals surface area contributed by atoms with Gasteiger partial charge in [-0.3, -0.25) is 4.79 Å². The number of halogens is 1. The van der Waals surface area contributed by atoms with Crippen LogP contribution in [0.4, 0.5) is 0 Å². The number of benzene rings is 2. The Bertz CT molecular complexity index is 891. The number of aromatic nitrogens is 1. The van der Waals surface area contributed by atoms with Crippen molar-refractivity contribution < 1.29 is 9.53 Å². The van der Waals surface area contributed by atoms with Crippen LogP contribution in [0.25, 0.3) is 10.9 Å². The third-order valence-electron chi connectivity index (χ3n) is 4.63. The molecule has 2 heterocycles. The van der Waals surface area contributed by atoms with Gasteiger partial charge in [-0.1, -0.05) is 46.3 Å². The van der Waals surface area contributed by atoms with Gasteiger partial charge in [-0.2, -0.15) is 0 Å². The molecule has 1 fully saturated rings. The molecule has 5 heteroatoms. The number of hydrogen-bond acceptors (Lipinski definition) is 2. The molecule has 128 valence electrons. The molecule has 4 rings (SSSR count). The van der Waals surface area contributed by atoms with E-state index in [1.165, 1.54) is 0 Å². The molecule has 0 radical (unpaired) electrons. The molecule has 1 amide bonds. The van der Waals surface area contributed by atoms with Crippen LogP contribution < -0.4 is 0 Å². The smallest absolute Gasteiger partial charge is 0.242 e. The summed E-state index contributed by atoms with van der Waals surface area (Å²) in [6.45, 7) is 2.18. The third-order valence-corrected chi connectivity index (χ3v) is 5.12. The summed E-state index contributed by atoms with van der Waals surface area (Å²) in [5.41, 5.74) is 2.20. The Hall–Kier alpha value is -2.11. The number of rotatable bonds is 3. The average Bonchev–Trinajstić information content (AvgIpc) is 3.04. The summed E-state index contributed by atoms with van der Waals surface area (Å²) in [4.78, 5) is 14.7. The highest BCUT2D eigenvalue weighted by Crippen LogP contribution is 2.23. The van der Waals surface area contributed by atoms with Gasteiger partial charge < -0.3 is 14.2 Å². The molecule has 1 aromatic heterocycles. The first-order chi connectivity index (χ1) is 12.2. The van der Waals surface area contributed by atoms with E-state index in [-0.39, 0.29) is 12.0 Å². The van der Waals surface area contributed by atoms with Crippen molar-refractivity contribution in [2.24, 2.45) is 0 Å². The van der Waals surface area contributed by atoms with E-state index < -0.39 is 0 Å². The zero-order valence-electron chi connectivity index (χ0n) is 13.8. The van der Waals surface area contributed by atoms with E-state index in [2.05, 4.69) is 34.1 Å². The van der Waals surface area contributed by atoms with E-state index in [0.29, 0.717) is 26.2 Å². The first-order valence-electron chi connectivity index (χ1n) is 8.39. The van der Waals surface area contributed by atoms with Crippen molar-refractivity contribution in [3.05, 3.63) is 70.8 Å². The van der Waals surface area contributed by atoms with Gasteiger partial charge in [0.25, 0.3) is 0 Å². The topological polar surface area (TPSA) is 34.5 Å². The summed E-state index contributed by atoms with van der Waals surface area (Å²) in [5.74, 6) is 0.129. The third kappa shape index (κ3) is 3.48. The molecule has 0 N–H and O–H groups in total. The van der Waals surface area contributed by atoms with Crippen LogP contribution in [0.2, 0.25) is 0 Å². The largest absolute Gasteiger partial charge is 0.370 e. The maximum atomic E-state index is 12.8. The Kier molecular flexibility index (Phi) is 4.59. The van der Waals surface area contributed by atoms with Crippen LogP contribution in [0.5, 0.6) is 0 Å². The zero-order chi connectivity index (χ0) is 17.2. The van der Waals surface area contributed by atoms with Crippen molar-refractivity contribution in [1.82, 2.24) is 9.47 Å². The summed E-state index contributed by atoms with van der Waals surface area (Å²) in [5, 5.41) is 1.13. The standard InChI is InChI=1S/C20H19BrN2O2/c21-17-6-7-18-16(12-17)8-9-22(18)14-20(24)23-10-11-25-19(13-23)15-4-2-1-3-5-15/h1-9,12,19H,10-11,13-14H2/t19-/m1/s1. The van der Waals surface area contributed by atoms with Crippen molar-refractivity contribution >= 4 is 32.7 Å². The second-order valence-electron chi connectivity index (χ2n) is 6.26. The van der Waals surface area contributed by atoms with Crippen LogP contribution in [0.15, 0.2) is 65.3 Å². The number of morpholine rings is 1. The second-order valence-corrected chi connectivity index (χ2v) is 7.17. The zero-order valence-corrected chi connectivity index (χ0v) is 15.4. The molecule has 0 aliphatic carbocycles. The Morgan fingerprint density at radius 2 is 2.00 bits per heavy atom. The van der Waals surface area contributed by atoms with Crippen LogP contribution in [0.1, 0.15) is 11.7 Å². The van der Waals surface area contributed by atoms with E-state index >= 15 is 0 Å². The highest BCUT2D eigenvalue weighted by Gasteiger charge is 2.25. The Morgan fingerprint density at radius 1 is 1.16 bits per heavy atom. The fourth-order valence-corrected chi connectivity index (χ4v) is 3.68. The number of carbonyl (C=O) groups is 1. The van der Waals surface area contributed by atoms with E-state index in [1.54, 1.807) is 0 Å². The normalized spacial score (nSPS) is 17.8. The number of carbonyl (C=O) groups excluding carboxylic acids is 1. The minimum atomic E-state index is -0.0451. The van der Waals surface area contributed by atoms with Gasteiger partial charge in [-0.25, -0.2) is 0 Å². The van der Waals surface area contributed by atoms with E-state index in [4.69, 9.17) is 4.74 Å². The Labute approximate surface area is 155 Å². The molecule has 25 heavy (non-hydrogen) atoms. The molecule has 4 nitrogen and oxygen atoms in total. The number of nitrogens with zero attached hydrogens (tertiary/aromatic N) is 2. The molecule has 0 saturated carbocycles. The highest BCUT2D eigenvalue weighted by atomic mass is 79.9. The number of amides is 1. The lowest BCUT2D eigenvalue weighted by atomic mass is 10.1. The number of hydrogen-bond donors (Lipinski definition) is 0. The summed E-state index contributed by atoms with van der Waals surface area (Å²) in [6.07, 6.45) is 1.93. The van der Waals surface area contributed by atoms with Gasteiger partial charge in [0.2, 0.25) is 5.91 Å². The molecule has 1 aliphatic heterocycles. The molecule has 2 aromatic carbocycles. The molecule has 1 aliphatic rings. The lowest BCUT2D eigenvalue weighted by molar-refractivity contribution is -0.139. The van der Waals surface area contributed by atoms with Gasteiger partial charge in [-0.05, 0) is 29.8 Å². The van der Waals surface area contributed by atoms with Gasteiger partial charge in [0, 0.05) is 28.1 Å². The number of fused-ring (bicyclic) bond motifs is 1. The molecular formula is C20H19BrN2O2. The average molecular weight is 399 g/mol. The lowest BCUT2D eigenvalue weighted by Gasteiger charge is -2.33. The molecule has 0 unspecified atom stereocenters. The van der Waals surface area contributed by atoms with Gasteiger partial charge in [0.1, 0.15) is 12.6 Å². The molecule has 0 spiro atoms. The minimum absolute atomic E-state index is 0.0451. The maximum absolute atomic E-state index is 12.8. The second kappa shape index (κ2) is 7.02. The minimum Gasteiger partial charge on any atom is -0.370 e. The van der Waals surface area contributed by atoms with E-state index in [9.17, 15) is 4.79 Å². The van der Waals surface area contributed by atoms with Crippen molar-refractivity contribution in [3.63, 3.8) is 0 Å². The Balaban J connectivity index is 1.48. The predicted octanol–water partition coefficient (Wildman–Crippen LogP) is 4.00. The summed E-state index contributed by atoms with van der Waals surface area (Å²) >= 11 is 3.49. The van der Waals surface area contributed by atoms with Crippen molar-refractivity contribution in [3.8, 4) is 0 Å². The summed E-state index contributed by atoms with van der Waals surface area (Å²) in [6, 6.07) is 18.3. The first kappa shape index (κ1) is 16.4. The van der Waals surface area contributed by atoms with Crippen molar-refractivity contribution in [1.29, 1.82) is 0 Å². The van der Waals surface area contributed by atoms with Gasteiger partial charge in [0.15, 0.2) is 0 Å². The van der Waals surface area contributed by atoms with Crippen molar-refractivity contribution in [2.75, 3.05) is 19.7 Å². The van der Waals surface area contributed by atoms with Crippen LogP contribution in [0, 0.1) is 0 Å². The molecule has 1 saturated heterocycles. The monoisotopic (exact) mass is 398 g/mol. The molecule has 1 atom stereocenters.